The first kappa shape index (κ1) is 13.6. The van der Waals surface area contributed by atoms with Gasteiger partial charge in [0.25, 0.3) is 0 Å². The van der Waals surface area contributed by atoms with Gasteiger partial charge < -0.3 is 5.32 Å². The second-order valence-electron chi connectivity index (χ2n) is 4.49. The lowest BCUT2D eigenvalue weighted by molar-refractivity contribution is 0.867. The van der Waals surface area contributed by atoms with Crippen LogP contribution in [-0.4, -0.2) is 4.98 Å². The van der Waals surface area contributed by atoms with E-state index in [2.05, 4.69) is 30.2 Å². The minimum atomic E-state index is 0.110. The molecule has 0 aliphatic rings. The molecule has 1 unspecified atom stereocenters. The van der Waals surface area contributed by atoms with Gasteiger partial charge in [0.15, 0.2) is 0 Å². The molecule has 0 radical (unpaired) electrons. The molecular weight excluding hydrogens is 254 g/mol. The van der Waals surface area contributed by atoms with Crippen LogP contribution < -0.4 is 5.32 Å². The summed E-state index contributed by atoms with van der Waals surface area (Å²) >= 11 is 1.72. The van der Waals surface area contributed by atoms with Crippen molar-refractivity contribution in [3.05, 3.63) is 45.4 Å². The van der Waals surface area contributed by atoms with E-state index >= 15 is 0 Å². The highest BCUT2D eigenvalue weighted by Crippen LogP contribution is 2.27. The average Bonchev–Trinajstić information content (AvgIpc) is 2.90. The Kier molecular flexibility index (Phi) is 4.18. The molecule has 1 heterocycles. The lowest BCUT2D eigenvalue weighted by Gasteiger charge is -2.16. The summed E-state index contributed by atoms with van der Waals surface area (Å²) in [5, 5.41) is 13.6. The molecule has 3 nitrogen and oxygen atoms in total. The van der Waals surface area contributed by atoms with Crippen LogP contribution in [-0.2, 0) is 6.42 Å². The van der Waals surface area contributed by atoms with Crippen molar-refractivity contribution in [1.82, 2.24) is 4.98 Å². The van der Waals surface area contributed by atoms with Crippen molar-refractivity contribution in [3.8, 4) is 6.07 Å². The Hall–Kier alpha value is -1.86. The molecule has 0 bridgehead atoms. The van der Waals surface area contributed by atoms with Crippen LogP contribution in [0.25, 0.3) is 0 Å². The fraction of sp³-hybridized carbons (Fsp3) is 0.333. The highest BCUT2D eigenvalue weighted by Gasteiger charge is 2.13. The number of aromatic nitrogens is 1. The summed E-state index contributed by atoms with van der Waals surface area (Å²) in [4.78, 5) is 5.73. The second kappa shape index (κ2) is 5.85. The number of rotatable bonds is 4. The summed E-state index contributed by atoms with van der Waals surface area (Å²) in [6, 6.07) is 8.09. The van der Waals surface area contributed by atoms with E-state index in [1.54, 1.807) is 11.3 Å². The van der Waals surface area contributed by atoms with Gasteiger partial charge in [0.05, 0.1) is 17.3 Å². The molecule has 98 valence electrons. The van der Waals surface area contributed by atoms with Crippen molar-refractivity contribution in [2.24, 2.45) is 0 Å². The van der Waals surface area contributed by atoms with Crippen LogP contribution in [0.2, 0.25) is 0 Å². The van der Waals surface area contributed by atoms with Crippen molar-refractivity contribution in [1.29, 1.82) is 5.26 Å². The molecule has 0 spiro atoms. The lowest BCUT2D eigenvalue weighted by Crippen LogP contribution is -2.08. The van der Waals surface area contributed by atoms with Gasteiger partial charge in [-0.05, 0) is 31.9 Å². The Balaban J connectivity index is 2.24. The van der Waals surface area contributed by atoms with Crippen molar-refractivity contribution in [3.63, 3.8) is 0 Å². The van der Waals surface area contributed by atoms with Gasteiger partial charge in [0, 0.05) is 11.1 Å². The molecule has 1 aromatic carbocycles. The van der Waals surface area contributed by atoms with Crippen LogP contribution in [0.4, 0.5) is 5.69 Å². The first-order valence-electron chi connectivity index (χ1n) is 6.36. The van der Waals surface area contributed by atoms with Crippen LogP contribution in [0, 0.1) is 18.3 Å². The van der Waals surface area contributed by atoms with Crippen LogP contribution in [0.1, 0.15) is 40.9 Å². The third kappa shape index (κ3) is 2.94. The number of nitrogens with zero attached hydrogens (tertiary/aromatic N) is 2. The first-order chi connectivity index (χ1) is 9.15. The Bertz CT molecular complexity index is 610. The monoisotopic (exact) mass is 271 g/mol. The zero-order chi connectivity index (χ0) is 13.8. The van der Waals surface area contributed by atoms with Gasteiger partial charge in [-0.1, -0.05) is 19.1 Å². The van der Waals surface area contributed by atoms with Gasteiger partial charge in [-0.3, -0.25) is 0 Å². The number of para-hydroxylation sites is 1. The molecule has 0 saturated heterocycles. The minimum Gasteiger partial charge on any atom is -0.375 e. The van der Waals surface area contributed by atoms with Crippen molar-refractivity contribution < 1.29 is 0 Å². The number of benzene rings is 1. The number of aryl methyl sites for hydroxylation is 2. The summed E-state index contributed by atoms with van der Waals surface area (Å²) in [7, 11) is 0. The standard InChI is InChI=1S/C15H17N3S/c1-4-13-9-17-15(19-13)11(3)18-14-10(2)6-5-7-12(14)8-16/h5-7,9,11,18H,4H2,1-3H3. The number of nitriles is 1. The summed E-state index contributed by atoms with van der Waals surface area (Å²) in [5.41, 5.74) is 2.67. The normalized spacial score (nSPS) is 11.9. The quantitative estimate of drug-likeness (QED) is 0.912. The molecular formula is C15H17N3S. The number of anilines is 1. The fourth-order valence-electron chi connectivity index (χ4n) is 1.92. The molecule has 1 aromatic heterocycles. The van der Waals surface area contributed by atoms with E-state index in [-0.39, 0.29) is 6.04 Å². The molecule has 2 rings (SSSR count). The molecule has 4 heteroatoms. The molecule has 0 fully saturated rings. The van der Waals surface area contributed by atoms with E-state index in [1.807, 2.05) is 31.3 Å². The van der Waals surface area contributed by atoms with E-state index in [1.165, 1.54) is 4.88 Å². The SMILES string of the molecule is CCc1cnc(C(C)Nc2c(C)cccc2C#N)s1. The van der Waals surface area contributed by atoms with Crippen molar-refractivity contribution >= 4 is 17.0 Å². The summed E-state index contributed by atoms with van der Waals surface area (Å²) in [6.45, 7) is 6.21. The number of hydrogen-bond acceptors (Lipinski definition) is 4. The Labute approximate surface area is 117 Å². The van der Waals surface area contributed by atoms with Gasteiger partial charge in [0.1, 0.15) is 11.1 Å². The van der Waals surface area contributed by atoms with E-state index in [9.17, 15) is 0 Å². The maximum absolute atomic E-state index is 9.17. The van der Waals surface area contributed by atoms with E-state index < -0.39 is 0 Å². The molecule has 19 heavy (non-hydrogen) atoms. The molecule has 2 aromatic rings. The van der Waals surface area contributed by atoms with Crippen molar-refractivity contribution in [2.75, 3.05) is 5.32 Å². The largest absolute Gasteiger partial charge is 0.375 e. The van der Waals surface area contributed by atoms with Gasteiger partial charge in [0.2, 0.25) is 0 Å². The summed E-state index contributed by atoms with van der Waals surface area (Å²) < 4.78 is 0. The predicted molar refractivity (Wildman–Crippen MR) is 79.4 cm³/mol. The molecule has 1 atom stereocenters. The highest BCUT2D eigenvalue weighted by molar-refractivity contribution is 7.11. The molecule has 0 saturated carbocycles. The third-order valence-electron chi connectivity index (χ3n) is 3.04. The fourth-order valence-corrected chi connectivity index (χ4v) is 2.78. The van der Waals surface area contributed by atoms with E-state index in [0.717, 1.165) is 22.7 Å². The number of thiazole rings is 1. The van der Waals surface area contributed by atoms with E-state index in [0.29, 0.717) is 5.56 Å². The van der Waals surface area contributed by atoms with Gasteiger partial charge in [-0.25, -0.2) is 4.98 Å². The van der Waals surface area contributed by atoms with Crippen LogP contribution in [0.5, 0.6) is 0 Å². The first-order valence-corrected chi connectivity index (χ1v) is 7.18. The predicted octanol–water partition coefficient (Wildman–Crippen LogP) is 4.06. The van der Waals surface area contributed by atoms with Crippen molar-refractivity contribution in [2.45, 2.75) is 33.2 Å². The zero-order valence-corrected chi connectivity index (χ0v) is 12.2. The maximum Gasteiger partial charge on any atom is 0.115 e. The molecule has 0 aliphatic heterocycles. The van der Waals surface area contributed by atoms with Crippen LogP contribution >= 0.6 is 11.3 Å². The van der Waals surface area contributed by atoms with Gasteiger partial charge in [-0.2, -0.15) is 5.26 Å². The van der Waals surface area contributed by atoms with Gasteiger partial charge in [-0.15, -0.1) is 11.3 Å². The Morgan fingerprint density at radius 1 is 1.47 bits per heavy atom. The lowest BCUT2D eigenvalue weighted by atomic mass is 10.1. The molecule has 1 N–H and O–H groups in total. The van der Waals surface area contributed by atoms with E-state index in [4.69, 9.17) is 5.26 Å². The third-order valence-corrected chi connectivity index (χ3v) is 4.37. The Morgan fingerprint density at radius 2 is 2.26 bits per heavy atom. The smallest absolute Gasteiger partial charge is 0.115 e. The van der Waals surface area contributed by atoms with Crippen LogP contribution in [0.3, 0.4) is 0 Å². The molecule has 0 amide bonds. The highest BCUT2D eigenvalue weighted by atomic mass is 32.1. The topological polar surface area (TPSA) is 48.7 Å². The van der Waals surface area contributed by atoms with Gasteiger partial charge >= 0.3 is 0 Å². The Morgan fingerprint density at radius 3 is 2.89 bits per heavy atom. The maximum atomic E-state index is 9.17. The average molecular weight is 271 g/mol. The summed E-state index contributed by atoms with van der Waals surface area (Å²) in [6.07, 6.45) is 2.94. The number of hydrogen-bond donors (Lipinski definition) is 1. The number of nitrogens with one attached hydrogen (secondary N) is 1. The minimum absolute atomic E-state index is 0.110. The second-order valence-corrected chi connectivity index (χ2v) is 5.64. The summed E-state index contributed by atoms with van der Waals surface area (Å²) in [5.74, 6) is 0. The molecule has 0 aliphatic carbocycles. The zero-order valence-electron chi connectivity index (χ0n) is 11.4. The van der Waals surface area contributed by atoms with Crippen LogP contribution in [0.15, 0.2) is 24.4 Å².